The van der Waals surface area contributed by atoms with E-state index in [1.165, 1.54) is 0 Å². The Balaban J connectivity index is 0.00000150. The minimum atomic E-state index is -0.368. The fraction of sp³-hybridized carbons (Fsp3) is 0.611. The van der Waals surface area contributed by atoms with E-state index >= 15 is 0 Å². The average Bonchev–Trinajstić information content (AvgIpc) is 3.40. The highest BCUT2D eigenvalue weighted by atomic mass is 35.5. The maximum absolute atomic E-state index is 12.6. The number of hydrogen-bond acceptors (Lipinski definition) is 7. The van der Waals surface area contributed by atoms with Crippen molar-refractivity contribution < 1.29 is 9.72 Å². The van der Waals surface area contributed by atoms with Crippen molar-refractivity contribution in [2.45, 2.75) is 18.5 Å². The van der Waals surface area contributed by atoms with E-state index in [4.69, 9.17) is 0 Å². The van der Waals surface area contributed by atoms with Crippen LogP contribution in [0.3, 0.4) is 0 Å². The molecule has 3 saturated heterocycles. The highest BCUT2D eigenvalue weighted by molar-refractivity contribution is 7.99. The third-order valence-corrected chi connectivity index (χ3v) is 6.69. The van der Waals surface area contributed by atoms with Gasteiger partial charge in [-0.05, 0) is 18.6 Å². The molecule has 0 unspecified atom stereocenters. The van der Waals surface area contributed by atoms with Crippen LogP contribution < -0.4 is 10.2 Å². The summed E-state index contributed by atoms with van der Waals surface area (Å²) >= 11 is 1.82. The minimum absolute atomic E-state index is 0. The molecule has 1 amide bonds. The molecule has 0 spiro atoms. The van der Waals surface area contributed by atoms with Gasteiger partial charge in [0.05, 0.1) is 16.8 Å². The van der Waals surface area contributed by atoms with Crippen LogP contribution in [0.15, 0.2) is 24.3 Å². The zero-order chi connectivity index (χ0) is 18.8. The first-order valence-electron chi connectivity index (χ1n) is 9.45. The number of piperazine rings is 1. The second kappa shape index (κ2) is 10.7. The molecular weight excluding hydrogens is 437 g/mol. The molecule has 162 valence electrons. The third-order valence-electron chi connectivity index (χ3n) is 5.73. The van der Waals surface area contributed by atoms with Crippen LogP contribution in [0.4, 0.5) is 11.4 Å². The van der Waals surface area contributed by atoms with E-state index in [2.05, 4.69) is 15.1 Å². The SMILES string of the molecule is Cl.Cl.O=C([C@@H]1C[C@@H](N2CCN(c3ccc([N+](=O)[O-])cc3)CC2)CN1)N1CCSC1. The van der Waals surface area contributed by atoms with Crippen molar-refractivity contribution in [1.82, 2.24) is 15.1 Å². The first kappa shape index (κ1) is 24.0. The van der Waals surface area contributed by atoms with Gasteiger partial charge in [-0.15, -0.1) is 36.6 Å². The summed E-state index contributed by atoms with van der Waals surface area (Å²) in [5.41, 5.74) is 1.16. The van der Waals surface area contributed by atoms with Crippen molar-refractivity contribution >= 4 is 53.9 Å². The largest absolute Gasteiger partial charge is 0.369 e. The van der Waals surface area contributed by atoms with E-state index in [0.29, 0.717) is 6.04 Å². The standard InChI is InChI=1S/C18H25N5O3S.2ClH/c24-18(22-9-10-27-13-22)17-11-16(12-19-17)21-7-5-20(6-8-21)14-1-3-15(4-2-14)23(25)26;;/h1-4,16-17,19H,5-13H2;2*1H/t16-,17+;;/m1../s1. The lowest BCUT2D eigenvalue weighted by molar-refractivity contribution is -0.384. The van der Waals surface area contributed by atoms with E-state index in [-0.39, 0.29) is 47.4 Å². The number of halogens is 2. The van der Waals surface area contributed by atoms with Gasteiger partial charge in [0.25, 0.3) is 5.69 Å². The van der Waals surface area contributed by atoms with Crippen LogP contribution in [0.1, 0.15) is 6.42 Å². The van der Waals surface area contributed by atoms with Gasteiger partial charge in [0.1, 0.15) is 0 Å². The number of hydrogen-bond donors (Lipinski definition) is 1. The Morgan fingerprint density at radius 3 is 2.38 bits per heavy atom. The van der Waals surface area contributed by atoms with Crippen molar-refractivity contribution in [1.29, 1.82) is 0 Å². The normalized spacial score (nSPS) is 24.7. The Morgan fingerprint density at radius 2 is 1.79 bits per heavy atom. The van der Waals surface area contributed by atoms with Gasteiger partial charge in [-0.25, -0.2) is 0 Å². The van der Waals surface area contributed by atoms with Gasteiger partial charge in [0.2, 0.25) is 5.91 Å². The zero-order valence-corrected chi connectivity index (χ0v) is 18.5. The Labute approximate surface area is 187 Å². The summed E-state index contributed by atoms with van der Waals surface area (Å²) in [5, 5.41) is 14.2. The first-order valence-corrected chi connectivity index (χ1v) is 10.6. The van der Waals surface area contributed by atoms with Gasteiger partial charge >= 0.3 is 0 Å². The minimum Gasteiger partial charge on any atom is -0.369 e. The predicted octanol–water partition coefficient (Wildman–Crippen LogP) is 1.82. The van der Waals surface area contributed by atoms with Crippen LogP contribution in [0.5, 0.6) is 0 Å². The van der Waals surface area contributed by atoms with Crippen molar-refractivity contribution in [2.75, 3.05) is 55.8 Å². The third kappa shape index (κ3) is 5.46. The summed E-state index contributed by atoms with van der Waals surface area (Å²) in [6, 6.07) is 7.15. The number of thioether (sulfide) groups is 1. The molecule has 0 bridgehead atoms. The van der Waals surface area contributed by atoms with Gasteiger partial charge in [-0.2, -0.15) is 0 Å². The molecule has 3 fully saturated rings. The van der Waals surface area contributed by atoms with Gasteiger partial charge in [-0.3, -0.25) is 19.8 Å². The summed E-state index contributed by atoms with van der Waals surface area (Å²) in [5.74, 6) is 2.13. The van der Waals surface area contributed by atoms with Crippen LogP contribution in [0, 0.1) is 10.1 Å². The number of non-ortho nitro benzene ring substituents is 1. The number of nitro benzene ring substituents is 1. The molecule has 29 heavy (non-hydrogen) atoms. The lowest BCUT2D eigenvalue weighted by atomic mass is 10.1. The lowest BCUT2D eigenvalue weighted by Gasteiger charge is -2.39. The Kier molecular flexibility index (Phi) is 8.84. The van der Waals surface area contributed by atoms with Crippen LogP contribution in [0.2, 0.25) is 0 Å². The van der Waals surface area contributed by atoms with Crippen molar-refractivity contribution in [3.63, 3.8) is 0 Å². The van der Waals surface area contributed by atoms with E-state index in [1.54, 1.807) is 12.1 Å². The molecule has 1 aromatic rings. The second-order valence-electron chi connectivity index (χ2n) is 7.29. The number of rotatable bonds is 4. The Hall–Kier alpha value is -1.26. The van der Waals surface area contributed by atoms with Crippen LogP contribution in [-0.2, 0) is 4.79 Å². The van der Waals surface area contributed by atoms with Crippen molar-refractivity contribution in [2.24, 2.45) is 0 Å². The number of benzene rings is 1. The van der Waals surface area contributed by atoms with Gasteiger partial charge in [0, 0.05) is 68.9 Å². The first-order chi connectivity index (χ1) is 13.1. The molecule has 3 aliphatic rings. The fourth-order valence-electron chi connectivity index (χ4n) is 4.12. The van der Waals surface area contributed by atoms with Gasteiger partial charge in [0.15, 0.2) is 0 Å². The molecule has 1 N–H and O–H groups in total. The number of nitro groups is 1. The van der Waals surface area contributed by atoms with Gasteiger partial charge in [-0.1, -0.05) is 0 Å². The molecule has 0 radical (unpaired) electrons. The highest BCUT2D eigenvalue weighted by Gasteiger charge is 2.36. The van der Waals surface area contributed by atoms with E-state index in [1.807, 2.05) is 28.8 Å². The predicted molar refractivity (Wildman–Crippen MR) is 121 cm³/mol. The summed E-state index contributed by atoms with van der Waals surface area (Å²) < 4.78 is 0. The maximum atomic E-state index is 12.6. The molecule has 0 aliphatic carbocycles. The molecule has 3 heterocycles. The molecule has 0 saturated carbocycles. The van der Waals surface area contributed by atoms with Crippen LogP contribution in [-0.4, -0.2) is 83.6 Å². The van der Waals surface area contributed by atoms with Gasteiger partial charge < -0.3 is 15.1 Å². The second-order valence-corrected chi connectivity index (χ2v) is 8.36. The van der Waals surface area contributed by atoms with E-state index < -0.39 is 0 Å². The molecule has 3 aliphatic heterocycles. The topological polar surface area (TPSA) is 82.0 Å². The molecule has 4 rings (SSSR count). The molecule has 11 heteroatoms. The zero-order valence-electron chi connectivity index (χ0n) is 16.1. The average molecular weight is 464 g/mol. The number of carbonyl (C=O) groups excluding carboxylic acids is 1. The quantitative estimate of drug-likeness (QED) is 0.538. The molecule has 2 atom stereocenters. The maximum Gasteiger partial charge on any atom is 0.269 e. The lowest BCUT2D eigenvalue weighted by Crippen LogP contribution is -2.51. The Morgan fingerprint density at radius 1 is 1.10 bits per heavy atom. The highest BCUT2D eigenvalue weighted by Crippen LogP contribution is 2.24. The molecular formula is C18H27Cl2N5O3S. The number of nitrogens with one attached hydrogen (secondary N) is 1. The molecule has 8 nitrogen and oxygen atoms in total. The van der Waals surface area contributed by atoms with E-state index in [9.17, 15) is 14.9 Å². The summed E-state index contributed by atoms with van der Waals surface area (Å²) in [6.45, 7) is 5.44. The van der Waals surface area contributed by atoms with Crippen molar-refractivity contribution in [3.05, 3.63) is 34.4 Å². The molecule has 1 aromatic carbocycles. The smallest absolute Gasteiger partial charge is 0.269 e. The summed E-state index contributed by atoms with van der Waals surface area (Å²) in [4.78, 5) is 29.7. The number of anilines is 1. The Bertz CT molecular complexity index is 697. The van der Waals surface area contributed by atoms with E-state index in [0.717, 1.165) is 63.0 Å². The number of amides is 1. The van der Waals surface area contributed by atoms with Crippen LogP contribution >= 0.6 is 36.6 Å². The van der Waals surface area contributed by atoms with Crippen LogP contribution in [0.25, 0.3) is 0 Å². The molecule has 0 aromatic heterocycles. The monoisotopic (exact) mass is 463 g/mol. The number of carbonyl (C=O) groups is 1. The summed E-state index contributed by atoms with van der Waals surface area (Å²) in [7, 11) is 0. The summed E-state index contributed by atoms with van der Waals surface area (Å²) in [6.07, 6.45) is 0.886. The number of nitrogens with zero attached hydrogens (tertiary/aromatic N) is 4. The van der Waals surface area contributed by atoms with Crippen molar-refractivity contribution in [3.8, 4) is 0 Å². The fourth-order valence-corrected chi connectivity index (χ4v) is 5.08.